The van der Waals surface area contributed by atoms with Gasteiger partial charge >= 0.3 is 5.97 Å². The highest BCUT2D eigenvalue weighted by Gasteiger charge is 2.77. The number of esters is 1. The minimum Gasteiger partial charge on any atom is -0.466 e. The Balaban J connectivity index is 1.71. The zero-order chi connectivity index (χ0) is 27.6. The first-order valence-electron chi connectivity index (χ1n) is 13.8. The lowest BCUT2D eigenvalue weighted by molar-refractivity contribution is -0.156. The van der Waals surface area contributed by atoms with E-state index in [2.05, 4.69) is 27.4 Å². The first-order chi connectivity index (χ1) is 18.2. The molecule has 0 aliphatic carbocycles. The minimum absolute atomic E-state index is 0.182. The van der Waals surface area contributed by atoms with Crippen molar-refractivity contribution in [1.82, 2.24) is 14.7 Å². The minimum atomic E-state index is -1.17. The molecule has 0 aromatic rings. The maximum Gasteiger partial charge on any atom is 0.312 e. The zero-order valence-corrected chi connectivity index (χ0v) is 24.3. The predicted octanol–water partition coefficient (Wildman–Crippen LogP) is 1.05. The number of amides is 2. The Hall–Kier alpha value is -1.53. The Labute approximate surface area is 233 Å². The maximum absolute atomic E-state index is 14.5. The second-order valence-electron chi connectivity index (χ2n) is 11.2. The summed E-state index contributed by atoms with van der Waals surface area (Å²) in [6.07, 6.45) is 2.07. The molecule has 0 aromatic carbocycles. The molecule has 38 heavy (non-hydrogen) atoms. The van der Waals surface area contributed by atoms with Crippen LogP contribution in [0.5, 0.6) is 0 Å². The van der Waals surface area contributed by atoms with Crippen LogP contribution in [0.3, 0.4) is 0 Å². The summed E-state index contributed by atoms with van der Waals surface area (Å²) in [7, 11) is 0. The number of aliphatic hydroxyl groups is 1. The van der Waals surface area contributed by atoms with Crippen molar-refractivity contribution in [3.63, 3.8) is 0 Å². The first-order valence-corrected chi connectivity index (χ1v) is 14.7. The quantitative estimate of drug-likeness (QED) is 0.201. The van der Waals surface area contributed by atoms with Gasteiger partial charge in [-0.15, -0.1) is 6.58 Å². The van der Waals surface area contributed by atoms with Crippen LogP contribution in [-0.4, -0.2) is 125 Å². The number of ether oxygens (including phenoxy) is 3. The van der Waals surface area contributed by atoms with E-state index < -0.39 is 41.6 Å². The van der Waals surface area contributed by atoms with Crippen molar-refractivity contribution in [3.05, 3.63) is 12.7 Å². The van der Waals surface area contributed by atoms with E-state index in [4.69, 9.17) is 14.2 Å². The highest BCUT2D eigenvalue weighted by atomic mass is 79.9. The van der Waals surface area contributed by atoms with Crippen LogP contribution in [0.4, 0.5) is 0 Å². The van der Waals surface area contributed by atoms with Gasteiger partial charge in [-0.2, -0.15) is 0 Å². The average Bonchev–Trinajstić information content (AvgIpc) is 3.48. The molecule has 4 rings (SSSR count). The standard InChI is InChI=1S/C27H42BrN3O7/c1-5-7-30(9-8-29-10-12-36-13-11-29)25(34)23-27-15-19(28)22(38-27)20(26(35)37-6-2)21(27)24(33)31(23)18(16-32)14-17(3)4/h5,17-23,32H,1,6-16H2,2-4H3/t18-,19?,20-,21+,22-,23-,27+/m1/s1. The van der Waals surface area contributed by atoms with Crippen LogP contribution in [0.25, 0.3) is 0 Å². The number of rotatable bonds is 12. The molecule has 0 radical (unpaired) electrons. The second-order valence-corrected chi connectivity index (χ2v) is 12.3. The molecule has 2 bridgehead atoms. The van der Waals surface area contributed by atoms with E-state index in [-0.39, 0.29) is 35.8 Å². The molecule has 1 N–H and O–H groups in total. The molecule has 0 saturated carbocycles. The monoisotopic (exact) mass is 599 g/mol. The Morgan fingerprint density at radius 1 is 1.34 bits per heavy atom. The fourth-order valence-corrected chi connectivity index (χ4v) is 7.72. The molecule has 4 saturated heterocycles. The molecule has 4 aliphatic rings. The summed E-state index contributed by atoms with van der Waals surface area (Å²) in [5.41, 5.74) is -1.17. The number of alkyl halides is 1. The van der Waals surface area contributed by atoms with Gasteiger partial charge in [0.2, 0.25) is 11.8 Å². The third-order valence-corrected chi connectivity index (χ3v) is 9.16. The van der Waals surface area contributed by atoms with Gasteiger partial charge in [0.05, 0.1) is 50.4 Å². The maximum atomic E-state index is 14.5. The van der Waals surface area contributed by atoms with Gasteiger partial charge in [-0.1, -0.05) is 35.9 Å². The van der Waals surface area contributed by atoms with Crippen LogP contribution in [0.2, 0.25) is 0 Å². The smallest absolute Gasteiger partial charge is 0.312 e. The van der Waals surface area contributed by atoms with Crippen LogP contribution in [0, 0.1) is 17.8 Å². The third kappa shape index (κ3) is 5.29. The summed E-state index contributed by atoms with van der Waals surface area (Å²) >= 11 is 3.68. The topological polar surface area (TPSA) is 109 Å². The number of aliphatic hydroxyl groups excluding tert-OH is 1. The number of morpholine rings is 1. The second kappa shape index (κ2) is 12.3. The van der Waals surface area contributed by atoms with Crippen molar-refractivity contribution < 1.29 is 33.7 Å². The SMILES string of the molecule is C=CCN(CCN1CCOCC1)C(=O)[C@H]1N([C@@H](CO)CC(C)C)C(=O)[C@@H]2[C@@H](C(=O)OCC)[C@@H]3O[C@@]21CC3Br. The summed E-state index contributed by atoms with van der Waals surface area (Å²) in [4.78, 5) is 47.1. The molecule has 7 atom stereocenters. The number of halogens is 1. The Kier molecular flexibility index (Phi) is 9.55. The molecule has 1 spiro atoms. The normalized spacial score (nSPS) is 33.5. The third-order valence-electron chi connectivity index (χ3n) is 8.32. The van der Waals surface area contributed by atoms with Crippen molar-refractivity contribution in [2.75, 3.05) is 59.2 Å². The van der Waals surface area contributed by atoms with Crippen LogP contribution >= 0.6 is 15.9 Å². The highest BCUT2D eigenvalue weighted by Crippen LogP contribution is 2.60. The van der Waals surface area contributed by atoms with Crippen molar-refractivity contribution in [3.8, 4) is 0 Å². The van der Waals surface area contributed by atoms with Gasteiger partial charge in [0.15, 0.2) is 0 Å². The number of carbonyl (C=O) groups excluding carboxylic acids is 3. The van der Waals surface area contributed by atoms with E-state index in [1.807, 2.05) is 13.8 Å². The summed E-state index contributed by atoms with van der Waals surface area (Å²) < 4.78 is 17.4. The first kappa shape index (κ1) is 29.5. The lowest BCUT2D eigenvalue weighted by Gasteiger charge is -2.40. The number of fused-ring (bicyclic) bond motifs is 1. The predicted molar refractivity (Wildman–Crippen MR) is 144 cm³/mol. The molecular formula is C27H42BrN3O7. The number of likely N-dealkylation sites (tertiary alicyclic amines) is 1. The van der Waals surface area contributed by atoms with E-state index in [1.165, 1.54) is 0 Å². The van der Waals surface area contributed by atoms with Gasteiger partial charge < -0.3 is 29.1 Å². The van der Waals surface area contributed by atoms with Crippen molar-refractivity contribution >= 4 is 33.7 Å². The largest absolute Gasteiger partial charge is 0.466 e. The molecule has 214 valence electrons. The fraction of sp³-hybridized carbons (Fsp3) is 0.815. The van der Waals surface area contributed by atoms with Gasteiger partial charge in [0, 0.05) is 37.6 Å². The average molecular weight is 601 g/mol. The fourth-order valence-electron chi connectivity index (χ4n) is 6.78. The van der Waals surface area contributed by atoms with Gasteiger partial charge in [-0.3, -0.25) is 19.3 Å². The van der Waals surface area contributed by atoms with Crippen molar-refractivity contribution in [2.24, 2.45) is 17.8 Å². The van der Waals surface area contributed by atoms with Gasteiger partial charge in [-0.25, -0.2) is 0 Å². The van der Waals surface area contributed by atoms with Gasteiger partial charge in [-0.05, 0) is 25.7 Å². The van der Waals surface area contributed by atoms with E-state index >= 15 is 0 Å². The molecule has 2 amide bonds. The summed E-state index contributed by atoms with van der Waals surface area (Å²) in [6, 6.07) is -1.52. The van der Waals surface area contributed by atoms with Crippen LogP contribution in [0.1, 0.15) is 33.6 Å². The molecule has 11 heteroatoms. The molecule has 10 nitrogen and oxygen atoms in total. The molecular weight excluding hydrogens is 558 g/mol. The van der Waals surface area contributed by atoms with E-state index in [9.17, 15) is 19.5 Å². The summed E-state index contributed by atoms with van der Waals surface area (Å²) in [6.45, 7) is 13.9. The summed E-state index contributed by atoms with van der Waals surface area (Å²) in [5, 5.41) is 10.4. The number of hydrogen-bond donors (Lipinski definition) is 1. The van der Waals surface area contributed by atoms with Crippen LogP contribution in [-0.2, 0) is 28.6 Å². The Bertz CT molecular complexity index is 898. The molecule has 4 heterocycles. The Morgan fingerprint density at radius 3 is 2.66 bits per heavy atom. The number of nitrogens with zero attached hydrogens (tertiary/aromatic N) is 3. The van der Waals surface area contributed by atoms with Crippen molar-refractivity contribution in [1.29, 1.82) is 0 Å². The summed E-state index contributed by atoms with van der Waals surface area (Å²) in [5.74, 6) is -2.48. The number of carbonyl (C=O) groups is 3. The van der Waals surface area contributed by atoms with Crippen LogP contribution in [0.15, 0.2) is 12.7 Å². The molecule has 0 aromatic heterocycles. The van der Waals surface area contributed by atoms with Crippen LogP contribution < -0.4 is 0 Å². The highest BCUT2D eigenvalue weighted by molar-refractivity contribution is 9.09. The van der Waals surface area contributed by atoms with E-state index in [0.717, 1.165) is 13.1 Å². The van der Waals surface area contributed by atoms with Gasteiger partial charge in [0.25, 0.3) is 0 Å². The zero-order valence-electron chi connectivity index (χ0n) is 22.7. The number of hydrogen-bond acceptors (Lipinski definition) is 8. The molecule has 4 fully saturated rings. The molecule has 4 aliphatic heterocycles. The van der Waals surface area contributed by atoms with Crippen molar-refractivity contribution in [2.45, 2.75) is 62.2 Å². The lowest BCUT2D eigenvalue weighted by Crippen LogP contribution is -2.59. The Morgan fingerprint density at radius 2 is 2.05 bits per heavy atom. The molecule has 1 unspecified atom stereocenters. The van der Waals surface area contributed by atoms with Gasteiger partial charge in [0.1, 0.15) is 11.6 Å². The van der Waals surface area contributed by atoms with E-state index in [0.29, 0.717) is 45.7 Å². The lowest BCUT2D eigenvalue weighted by atomic mass is 9.70. The van der Waals surface area contributed by atoms with E-state index in [1.54, 1.807) is 22.8 Å².